The zero-order chi connectivity index (χ0) is 14.3. The van der Waals surface area contributed by atoms with Gasteiger partial charge in [0, 0.05) is 5.56 Å². The Hall–Kier alpha value is -1.91. The molecule has 2 aromatic carbocycles. The molecule has 6 heteroatoms. The van der Waals surface area contributed by atoms with E-state index in [-0.39, 0.29) is 10.4 Å². The Kier molecular flexibility index (Phi) is 3.20. The zero-order valence-corrected chi connectivity index (χ0v) is 11.5. The summed E-state index contributed by atoms with van der Waals surface area (Å²) in [7, 11) is 0. The molecule has 1 heterocycles. The van der Waals surface area contributed by atoms with Crippen LogP contribution in [-0.4, -0.2) is 9.97 Å². The normalized spacial score (nSPS) is 10.9. The Labute approximate surface area is 123 Å². The van der Waals surface area contributed by atoms with Gasteiger partial charge in [-0.2, -0.15) is 0 Å². The van der Waals surface area contributed by atoms with E-state index in [1.54, 1.807) is 24.3 Å². The molecule has 20 heavy (non-hydrogen) atoms. The number of hydrogen-bond donors (Lipinski definition) is 1. The largest absolute Gasteiger partial charge is 0.306 e. The maximum Gasteiger partial charge on any atom is 0.260 e. The summed E-state index contributed by atoms with van der Waals surface area (Å²) >= 11 is 11.9. The summed E-state index contributed by atoms with van der Waals surface area (Å²) < 4.78 is 13.4. The minimum atomic E-state index is -0.656. The summed E-state index contributed by atoms with van der Waals surface area (Å²) in [4.78, 5) is 18.9. The smallest absolute Gasteiger partial charge is 0.260 e. The van der Waals surface area contributed by atoms with Crippen LogP contribution < -0.4 is 5.56 Å². The molecule has 3 aromatic rings. The van der Waals surface area contributed by atoms with Crippen molar-refractivity contribution in [1.29, 1.82) is 0 Å². The molecular weight excluding hydrogens is 302 g/mol. The molecule has 0 unspecified atom stereocenters. The highest BCUT2D eigenvalue weighted by Crippen LogP contribution is 2.27. The standard InChI is InChI=1S/C14H7Cl2FN2O/c15-8-4-2-1-3-7(8)13-18-10-6-5-9(17)12(16)11(10)14(20)19-13/h1-6H,(H,18,19,20). The van der Waals surface area contributed by atoms with Gasteiger partial charge in [-0.05, 0) is 24.3 Å². The molecule has 0 aliphatic heterocycles. The van der Waals surface area contributed by atoms with Gasteiger partial charge < -0.3 is 4.98 Å². The minimum Gasteiger partial charge on any atom is -0.306 e. The number of hydrogen-bond acceptors (Lipinski definition) is 2. The lowest BCUT2D eigenvalue weighted by Crippen LogP contribution is -2.10. The van der Waals surface area contributed by atoms with Gasteiger partial charge in [-0.25, -0.2) is 9.37 Å². The van der Waals surface area contributed by atoms with E-state index in [4.69, 9.17) is 23.2 Å². The topological polar surface area (TPSA) is 45.8 Å². The van der Waals surface area contributed by atoms with Gasteiger partial charge in [0.1, 0.15) is 11.6 Å². The van der Waals surface area contributed by atoms with E-state index < -0.39 is 11.4 Å². The van der Waals surface area contributed by atoms with Crippen LogP contribution in [0.5, 0.6) is 0 Å². The maximum atomic E-state index is 13.4. The van der Waals surface area contributed by atoms with Crippen LogP contribution in [0.2, 0.25) is 10.0 Å². The van der Waals surface area contributed by atoms with Crippen LogP contribution in [0, 0.1) is 5.82 Å². The van der Waals surface area contributed by atoms with E-state index in [1.807, 2.05) is 0 Å². The van der Waals surface area contributed by atoms with Crippen LogP contribution in [0.1, 0.15) is 0 Å². The second-order valence-electron chi connectivity index (χ2n) is 4.15. The predicted molar refractivity (Wildman–Crippen MR) is 77.8 cm³/mol. The molecule has 0 saturated heterocycles. The summed E-state index contributed by atoms with van der Waals surface area (Å²) in [6, 6.07) is 9.57. The van der Waals surface area contributed by atoms with E-state index in [2.05, 4.69) is 9.97 Å². The number of aromatic amines is 1. The lowest BCUT2D eigenvalue weighted by atomic mass is 10.2. The number of halogens is 3. The highest BCUT2D eigenvalue weighted by Gasteiger charge is 2.13. The van der Waals surface area contributed by atoms with Crippen molar-refractivity contribution in [3.8, 4) is 11.4 Å². The summed E-state index contributed by atoms with van der Waals surface area (Å²) in [5.74, 6) is -0.340. The number of nitrogens with zero attached hydrogens (tertiary/aromatic N) is 1. The highest BCUT2D eigenvalue weighted by atomic mass is 35.5. The molecule has 1 N–H and O–H groups in total. The first-order valence-electron chi connectivity index (χ1n) is 5.71. The first-order valence-corrected chi connectivity index (χ1v) is 6.46. The minimum absolute atomic E-state index is 0.0301. The Morgan fingerprint density at radius 3 is 2.60 bits per heavy atom. The third kappa shape index (κ3) is 2.07. The second kappa shape index (κ2) is 4.89. The van der Waals surface area contributed by atoms with Crippen molar-refractivity contribution in [3.05, 3.63) is 62.6 Å². The van der Waals surface area contributed by atoms with Crippen molar-refractivity contribution >= 4 is 34.1 Å². The third-order valence-corrected chi connectivity index (χ3v) is 3.59. The number of benzene rings is 2. The van der Waals surface area contributed by atoms with Crippen molar-refractivity contribution in [2.45, 2.75) is 0 Å². The van der Waals surface area contributed by atoms with Crippen LogP contribution in [0.3, 0.4) is 0 Å². The zero-order valence-electron chi connectivity index (χ0n) is 9.95. The van der Waals surface area contributed by atoms with Gasteiger partial charge in [0.2, 0.25) is 0 Å². The van der Waals surface area contributed by atoms with Gasteiger partial charge in [0.25, 0.3) is 5.56 Å². The molecule has 0 saturated carbocycles. The number of nitrogens with one attached hydrogen (secondary N) is 1. The number of fused-ring (bicyclic) bond motifs is 1. The number of aromatic nitrogens is 2. The number of H-pyrrole nitrogens is 1. The first kappa shape index (κ1) is 13.1. The van der Waals surface area contributed by atoms with Gasteiger partial charge in [-0.1, -0.05) is 35.3 Å². The van der Waals surface area contributed by atoms with Crippen LogP contribution in [0.4, 0.5) is 4.39 Å². The maximum absolute atomic E-state index is 13.4. The first-order chi connectivity index (χ1) is 9.58. The molecular formula is C14H7Cl2FN2O. The predicted octanol–water partition coefficient (Wildman–Crippen LogP) is 4.04. The van der Waals surface area contributed by atoms with Gasteiger partial charge in [-0.15, -0.1) is 0 Å². The summed E-state index contributed by atoms with van der Waals surface area (Å²) in [6.07, 6.45) is 0. The molecule has 0 radical (unpaired) electrons. The molecule has 1 aromatic heterocycles. The quantitative estimate of drug-likeness (QED) is 0.737. The van der Waals surface area contributed by atoms with E-state index >= 15 is 0 Å². The fourth-order valence-electron chi connectivity index (χ4n) is 1.95. The van der Waals surface area contributed by atoms with Crippen molar-refractivity contribution in [3.63, 3.8) is 0 Å². The monoisotopic (exact) mass is 308 g/mol. The summed E-state index contributed by atoms with van der Waals surface area (Å²) in [6.45, 7) is 0. The van der Waals surface area contributed by atoms with E-state index in [0.717, 1.165) is 0 Å². The molecule has 0 spiro atoms. The Morgan fingerprint density at radius 2 is 1.85 bits per heavy atom. The van der Waals surface area contributed by atoms with Gasteiger partial charge in [0.05, 0.1) is 20.9 Å². The van der Waals surface area contributed by atoms with E-state index in [0.29, 0.717) is 21.9 Å². The summed E-state index contributed by atoms with van der Waals surface area (Å²) in [5, 5.41) is 0.257. The van der Waals surface area contributed by atoms with Crippen LogP contribution >= 0.6 is 23.2 Å². The van der Waals surface area contributed by atoms with Crippen molar-refractivity contribution in [2.24, 2.45) is 0 Å². The number of rotatable bonds is 1. The van der Waals surface area contributed by atoms with E-state index in [1.165, 1.54) is 12.1 Å². The highest BCUT2D eigenvalue weighted by molar-refractivity contribution is 6.35. The van der Waals surface area contributed by atoms with Crippen molar-refractivity contribution in [2.75, 3.05) is 0 Å². The molecule has 0 bridgehead atoms. The SMILES string of the molecule is O=c1[nH]c(-c2ccccc2Cl)nc2ccc(F)c(Cl)c12. The van der Waals surface area contributed by atoms with Crippen LogP contribution in [-0.2, 0) is 0 Å². The van der Waals surface area contributed by atoms with Crippen LogP contribution in [0.15, 0.2) is 41.2 Å². The van der Waals surface area contributed by atoms with E-state index in [9.17, 15) is 9.18 Å². The molecule has 0 aliphatic carbocycles. The Bertz CT molecular complexity index is 877. The lowest BCUT2D eigenvalue weighted by molar-refractivity contribution is 0.630. The molecule has 0 atom stereocenters. The fourth-order valence-corrected chi connectivity index (χ4v) is 2.42. The fraction of sp³-hybridized carbons (Fsp3) is 0. The van der Waals surface area contributed by atoms with Crippen molar-refractivity contribution in [1.82, 2.24) is 9.97 Å². The van der Waals surface area contributed by atoms with Gasteiger partial charge >= 0.3 is 0 Å². The summed E-state index contributed by atoms with van der Waals surface area (Å²) in [5.41, 5.74) is 0.401. The Morgan fingerprint density at radius 1 is 1.10 bits per heavy atom. The second-order valence-corrected chi connectivity index (χ2v) is 4.94. The average Bonchev–Trinajstić information content (AvgIpc) is 2.43. The molecule has 3 rings (SSSR count). The molecule has 100 valence electrons. The third-order valence-electron chi connectivity index (χ3n) is 2.89. The van der Waals surface area contributed by atoms with Crippen molar-refractivity contribution < 1.29 is 4.39 Å². The van der Waals surface area contributed by atoms with Crippen LogP contribution in [0.25, 0.3) is 22.3 Å². The molecule has 3 nitrogen and oxygen atoms in total. The Balaban J connectivity index is 2.35. The molecule has 0 fully saturated rings. The average molecular weight is 309 g/mol. The lowest BCUT2D eigenvalue weighted by Gasteiger charge is -2.06. The van der Waals surface area contributed by atoms with Gasteiger partial charge in [-0.3, -0.25) is 4.79 Å². The molecule has 0 aliphatic rings. The van der Waals surface area contributed by atoms with Gasteiger partial charge in [0.15, 0.2) is 0 Å². The molecule has 0 amide bonds.